The van der Waals surface area contributed by atoms with Gasteiger partial charge in [-0.1, -0.05) is 51.7 Å². The topological polar surface area (TPSA) is 38.0 Å². The average molecular weight is 292 g/mol. The average Bonchev–Trinajstić information content (AvgIpc) is 2.37. The third kappa shape index (κ3) is 6.38. The Morgan fingerprint density at radius 1 is 1.20 bits per heavy atom. The van der Waals surface area contributed by atoms with Crippen LogP contribution in [0.1, 0.15) is 57.1 Å². The van der Waals surface area contributed by atoms with E-state index in [1.807, 2.05) is 13.0 Å². The minimum absolute atomic E-state index is 0.471. The van der Waals surface area contributed by atoms with Crippen LogP contribution in [0, 0.1) is 12.8 Å². The van der Waals surface area contributed by atoms with Crippen LogP contribution in [0.25, 0.3) is 0 Å². The Morgan fingerprint density at radius 2 is 1.90 bits per heavy atom. The van der Waals surface area contributed by atoms with Crippen LogP contribution in [0.15, 0.2) is 18.2 Å². The zero-order chi connectivity index (χ0) is 15.0. The maximum absolute atomic E-state index is 5.67. The molecule has 2 nitrogen and oxygen atoms in total. The van der Waals surface area contributed by atoms with Crippen molar-refractivity contribution in [1.82, 2.24) is 0 Å². The van der Waals surface area contributed by atoms with Crippen LogP contribution in [0.5, 0.6) is 0 Å². The van der Waals surface area contributed by atoms with E-state index in [1.54, 1.807) is 0 Å². The van der Waals surface area contributed by atoms with E-state index in [-0.39, 0.29) is 0 Å². The number of anilines is 1. The normalized spacial score (nSPS) is 10.8. The fraction of sp³-hybridized carbons (Fsp3) is 0.588. The summed E-state index contributed by atoms with van der Waals surface area (Å²) in [5.41, 5.74) is 8.93. The van der Waals surface area contributed by atoms with Crippen molar-refractivity contribution in [2.75, 3.05) is 11.9 Å². The van der Waals surface area contributed by atoms with Crippen molar-refractivity contribution in [2.45, 2.75) is 52.9 Å². The number of aryl methyl sites for hydroxylation is 1. The summed E-state index contributed by atoms with van der Waals surface area (Å²) in [6, 6.07) is 6.18. The van der Waals surface area contributed by atoms with Gasteiger partial charge in [-0.3, -0.25) is 0 Å². The Morgan fingerprint density at radius 3 is 2.50 bits per heavy atom. The minimum Gasteiger partial charge on any atom is -0.389 e. The zero-order valence-electron chi connectivity index (χ0n) is 13.0. The van der Waals surface area contributed by atoms with Gasteiger partial charge in [0.25, 0.3) is 0 Å². The van der Waals surface area contributed by atoms with Crippen LogP contribution >= 0.6 is 12.2 Å². The van der Waals surface area contributed by atoms with E-state index in [9.17, 15) is 0 Å². The molecule has 0 aliphatic carbocycles. The van der Waals surface area contributed by atoms with Gasteiger partial charge in [0.1, 0.15) is 4.99 Å². The minimum atomic E-state index is 0.471. The van der Waals surface area contributed by atoms with Crippen LogP contribution in [-0.2, 0) is 0 Å². The largest absolute Gasteiger partial charge is 0.389 e. The molecule has 0 aliphatic rings. The molecule has 0 amide bonds. The predicted octanol–water partition coefficient (Wildman–Crippen LogP) is 4.65. The highest BCUT2D eigenvalue weighted by Crippen LogP contribution is 2.15. The Labute approximate surface area is 129 Å². The molecule has 0 heterocycles. The van der Waals surface area contributed by atoms with Crippen molar-refractivity contribution in [3.63, 3.8) is 0 Å². The number of nitrogens with one attached hydrogen (secondary N) is 1. The molecule has 3 heteroatoms. The number of nitrogens with two attached hydrogens (primary N) is 1. The van der Waals surface area contributed by atoms with Gasteiger partial charge in [-0.2, -0.15) is 0 Å². The Balaban J connectivity index is 2.22. The molecule has 20 heavy (non-hydrogen) atoms. The van der Waals surface area contributed by atoms with Crippen LogP contribution in [-0.4, -0.2) is 11.5 Å². The molecule has 112 valence electrons. The van der Waals surface area contributed by atoms with E-state index >= 15 is 0 Å². The van der Waals surface area contributed by atoms with Crippen LogP contribution in [0.4, 0.5) is 5.69 Å². The van der Waals surface area contributed by atoms with E-state index in [4.69, 9.17) is 18.0 Å². The molecule has 0 unspecified atom stereocenters. The summed E-state index contributed by atoms with van der Waals surface area (Å²) < 4.78 is 0. The first-order valence-electron chi connectivity index (χ1n) is 7.65. The lowest BCUT2D eigenvalue weighted by Gasteiger charge is -2.10. The number of thiocarbonyl (C=S) groups is 1. The summed E-state index contributed by atoms with van der Waals surface area (Å²) in [5, 5.41) is 3.47. The molecule has 0 spiro atoms. The van der Waals surface area contributed by atoms with Crippen molar-refractivity contribution in [3.8, 4) is 0 Å². The molecule has 0 bridgehead atoms. The van der Waals surface area contributed by atoms with E-state index in [0.29, 0.717) is 4.99 Å². The van der Waals surface area contributed by atoms with Crippen LogP contribution < -0.4 is 11.1 Å². The lowest BCUT2D eigenvalue weighted by molar-refractivity contribution is 0.523. The van der Waals surface area contributed by atoms with Crippen molar-refractivity contribution in [3.05, 3.63) is 29.3 Å². The third-order valence-corrected chi connectivity index (χ3v) is 3.75. The quantitative estimate of drug-likeness (QED) is 0.514. The van der Waals surface area contributed by atoms with Crippen molar-refractivity contribution in [1.29, 1.82) is 0 Å². The fourth-order valence-electron chi connectivity index (χ4n) is 2.31. The second kappa shape index (κ2) is 8.96. The lowest BCUT2D eigenvalue weighted by Crippen LogP contribution is -2.11. The SMILES string of the molecule is Cc1cc(NCCCCCCC(C)C)ccc1C(N)=S. The zero-order valence-corrected chi connectivity index (χ0v) is 13.9. The number of rotatable bonds is 9. The van der Waals surface area contributed by atoms with E-state index in [2.05, 4.69) is 31.3 Å². The van der Waals surface area contributed by atoms with Crippen LogP contribution in [0.3, 0.4) is 0 Å². The smallest absolute Gasteiger partial charge is 0.104 e. The van der Waals surface area contributed by atoms with E-state index in [1.165, 1.54) is 32.1 Å². The molecule has 0 aliphatic heterocycles. The van der Waals surface area contributed by atoms with E-state index in [0.717, 1.165) is 29.3 Å². The number of benzene rings is 1. The highest BCUT2D eigenvalue weighted by Gasteiger charge is 2.02. The molecule has 0 saturated carbocycles. The lowest BCUT2D eigenvalue weighted by atomic mass is 10.0. The molecule has 1 rings (SSSR count). The van der Waals surface area contributed by atoms with Gasteiger partial charge in [-0.05, 0) is 43.0 Å². The van der Waals surface area contributed by atoms with Crippen molar-refractivity contribution in [2.24, 2.45) is 11.7 Å². The molecule has 0 radical (unpaired) electrons. The molecule has 3 N–H and O–H groups in total. The summed E-state index contributed by atoms with van der Waals surface area (Å²) in [4.78, 5) is 0.471. The Kier molecular flexibility index (Phi) is 7.60. The van der Waals surface area contributed by atoms with Gasteiger partial charge in [0, 0.05) is 17.8 Å². The maximum atomic E-state index is 5.67. The van der Waals surface area contributed by atoms with Crippen molar-refractivity contribution < 1.29 is 0 Å². The molecular formula is C17H28N2S. The first-order chi connectivity index (χ1) is 9.50. The molecule has 1 aromatic carbocycles. The standard InChI is InChI=1S/C17H28N2S/c1-13(2)8-6-4-5-7-11-19-15-9-10-16(17(18)20)14(3)12-15/h9-10,12-13,19H,4-8,11H2,1-3H3,(H2,18,20). The highest BCUT2D eigenvalue weighted by atomic mass is 32.1. The summed E-state index contributed by atoms with van der Waals surface area (Å²) in [5.74, 6) is 0.836. The summed E-state index contributed by atoms with van der Waals surface area (Å²) in [6.07, 6.45) is 6.60. The fourth-order valence-corrected chi connectivity index (χ4v) is 2.54. The van der Waals surface area contributed by atoms with Gasteiger partial charge < -0.3 is 11.1 Å². The Hall–Kier alpha value is -1.09. The number of hydrogen-bond donors (Lipinski definition) is 2. The molecule has 0 fully saturated rings. The second-order valence-corrected chi connectivity index (χ2v) is 6.36. The van der Waals surface area contributed by atoms with Gasteiger partial charge in [0.15, 0.2) is 0 Å². The first-order valence-corrected chi connectivity index (χ1v) is 8.06. The van der Waals surface area contributed by atoms with Crippen molar-refractivity contribution >= 4 is 22.9 Å². The molecule has 0 aromatic heterocycles. The number of hydrogen-bond acceptors (Lipinski definition) is 2. The van der Waals surface area contributed by atoms with E-state index < -0.39 is 0 Å². The van der Waals surface area contributed by atoms with Gasteiger partial charge in [0.05, 0.1) is 0 Å². The predicted molar refractivity (Wildman–Crippen MR) is 93.5 cm³/mol. The summed E-state index contributed by atoms with van der Waals surface area (Å²) in [7, 11) is 0. The summed E-state index contributed by atoms with van der Waals surface area (Å²) >= 11 is 5.02. The molecule has 1 aromatic rings. The molecular weight excluding hydrogens is 264 g/mol. The molecule has 0 atom stereocenters. The summed E-state index contributed by atoms with van der Waals surface area (Å²) in [6.45, 7) is 7.67. The number of unbranched alkanes of at least 4 members (excludes halogenated alkanes) is 3. The van der Waals surface area contributed by atoms with Gasteiger partial charge in [-0.15, -0.1) is 0 Å². The monoisotopic (exact) mass is 292 g/mol. The van der Waals surface area contributed by atoms with Crippen LogP contribution in [0.2, 0.25) is 0 Å². The van der Waals surface area contributed by atoms with Gasteiger partial charge in [0.2, 0.25) is 0 Å². The first kappa shape index (κ1) is 17.0. The second-order valence-electron chi connectivity index (χ2n) is 5.92. The maximum Gasteiger partial charge on any atom is 0.104 e. The highest BCUT2D eigenvalue weighted by molar-refractivity contribution is 7.80. The third-order valence-electron chi connectivity index (χ3n) is 3.53. The molecule has 0 saturated heterocycles. The van der Waals surface area contributed by atoms with Gasteiger partial charge in [-0.25, -0.2) is 0 Å². The van der Waals surface area contributed by atoms with Gasteiger partial charge >= 0.3 is 0 Å². The Bertz CT molecular complexity index is 427.